The minimum absolute atomic E-state index is 0.746. The number of methoxy groups -OCH3 is 2. The molecule has 0 atom stereocenters. The van der Waals surface area contributed by atoms with Crippen molar-refractivity contribution >= 4 is 15.9 Å². The zero-order valence-corrected chi connectivity index (χ0v) is 14.2. The molecule has 0 unspecified atom stereocenters. The van der Waals surface area contributed by atoms with E-state index in [2.05, 4.69) is 34.2 Å². The molecule has 1 aromatic rings. The highest BCUT2D eigenvalue weighted by Gasteiger charge is 2.21. The first-order valence-corrected chi connectivity index (χ1v) is 8.13. The fourth-order valence-corrected chi connectivity index (χ4v) is 3.81. The van der Waals surface area contributed by atoms with Crippen molar-refractivity contribution < 1.29 is 9.47 Å². The van der Waals surface area contributed by atoms with E-state index in [1.165, 1.54) is 24.0 Å². The lowest BCUT2D eigenvalue weighted by Crippen LogP contribution is -2.28. The van der Waals surface area contributed by atoms with E-state index >= 15 is 0 Å². The molecule has 0 radical (unpaired) electrons. The van der Waals surface area contributed by atoms with Crippen molar-refractivity contribution in [3.05, 3.63) is 21.7 Å². The number of hydrogen-bond acceptors (Lipinski definition) is 3. The lowest BCUT2D eigenvalue weighted by molar-refractivity contribution is 0.356. The van der Waals surface area contributed by atoms with Crippen LogP contribution in [0.4, 0.5) is 0 Å². The van der Waals surface area contributed by atoms with E-state index in [1.54, 1.807) is 14.2 Å². The van der Waals surface area contributed by atoms with Gasteiger partial charge in [-0.2, -0.15) is 0 Å². The van der Waals surface area contributed by atoms with Crippen LogP contribution in [0.1, 0.15) is 30.9 Å². The van der Waals surface area contributed by atoms with Crippen molar-refractivity contribution in [2.75, 3.05) is 27.3 Å². The predicted octanol–water partition coefficient (Wildman–Crippen LogP) is 3.57. The van der Waals surface area contributed by atoms with Gasteiger partial charge < -0.3 is 14.8 Å². The van der Waals surface area contributed by atoms with E-state index in [1.807, 2.05) is 0 Å². The summed E-state index contributed by atoms with van der Waals surface area (Å²) in [5.74, 6) is 2.58. The molecule has 1 N–H and O–H groups in total. The van der Waals surface area contributed by atoms with E-state index in [-0.39, 0.29) is 0 Å². The zero-order chi connectivity index (χ0) is 14.5. The monoisotopic (exact) mass is 341 g/mol. The van der Waals surface area contributed by atoms with Gasteiger partial charge >= 0.3 is 0 Å². The quantitative estimate of drug-likeness (QED) is 0.887. The molecule has 0 amide bonds. The Labute approximate surface area is 130 Å². The fourth-order valence-electron chi connectivity index (χ4n) is 2.98. The Hall–Kier alpha value is -0.740. The van der Waals surface area contributed by atoms with Crippen molar-refractivity contribution in [1.82, 2.24) is 5.32 Å². The predicted molar refractivity (Wildman–Crippen MR) is 85.9 cm³/mol. The average Bonchev–Trinajstić information content (AvgIpc) is 2.48. The summed E-state index contributed by atoms with van der Waals surface area (Å²) in [7, 11) is 3.45. The van der Waals surface area contributed by atoms with Gasteiger partial charge in [-0.1, -0.05) is 6.92 Å². The second-order valence-corrected chi connectivity index (χ2v) is 6.12. The third kappa shape index (κ3) is 3.29. The number of rotatable bonds is 5. The molecule has 112 valence electrons. The molecule has 0 spiro atoms. The van der Waals surface area contributed by atoms with Gasteiger partial charge in [-0.3, -0.25) is 0 Å². The smallest absolute Gasteiger partial charge is 0.140 e. The molecule has 0 saturated carbocycles. The standard InChI is InChI=1S/C16H24BrNO2/c1-4-12-10-13(9-11-5-7-18-8-6-11)16(20-3)14(17)15(12)19-2/h10-11,18H,4-9H2,1-3H3. The maximum absolute atomic E-state index is 5.62. The molecule has 1 aliphatic rings. The molecule has 3 nitrogen and oxygen atoms in total. The van der Waals surface area contributed by atoms with Crippen LogP contribution in [-0.4, -0.2) is 27.3 Å². The Morgan fingerprint density at radius 2 is 1.75 bits per heavy atom. The van der Waals surface area contributed by atoms with Gasteiger partial charge in [-0.25, -0.2) is 0 Å². The first-order valence-electron chi connectivity index (χ1n) is 7.34. The van der Waals surface area contributed by atoms with Gasteiger partial charge in [0.15, 0.2) is 0 Å². The highest BCUT2D eigenvalue weighted by atomic mass is 79.9. The van der Waals surface area contributed by atoms with Crippen molar-refractivity contribution in [2.24, 2.45) is 5.92 Å². The van der Waals surface area contributed by atoms with Gasteiger partial charge in [0.1, 0.15) is 16.0 Å². The molecular formula is C16H24BrNO2. The molecule has 2 rings (SSSR count). The van der Waals surface area contributed by atoms with Crippen LogP contribution in [-0.2, 0) is 12.8 Å². The number of nitrogens with one attached hydrogen (secondary N) is 1. The largest absolute Gasteiger partial charge is 0.495 e. The Morgan fingerprint density at radius 3 is 2.30 bits per heavy atom. The van der Waals surface area contributed by atoms with Crippen molar-refractivity contribution in [3.8, 4) is 11.5 Å². The van der Waals surface area contributed by atoms with Gasteiger partial charge in [-0.05, 0) is 77.8 Å². The Bertz CT molecular complexity index is 456. The number of benzene rings is 1. The molecule has 1 saturated heterocycles. The van der Waals surface area contributed by atoms with E-state index in [0.29, 0.717) is 0 Å². The SMILES string of the molecule is CCc1cc(CC2CCNCC2)c(OC)c(Br)c1OC. The molecule has 0 aromatic heterocycles. The lowest BCUT2D eigenvalue weighted by atomic mass is 9.89. The number of ether oxygens (including phenoxy) is 2. The topological polar surface area (TPSA) is 30.5 Å². The fraction of sp³-hybridized carbons (Fsp3) is 0.625. The van der Waals surface area contributed by atoms with Crippen molar-refractivity contribution in [3.63, 3.8) is 0 Å². The third-order valence-corrected chi connectivity index (χ3v) is 4.81. The third-order valence-electron chi connectivity index (χ3n) is 4.09. The Balaban J connectivity index is 2.32. The molecule has 0 bridgehead atoms. The highest BCUT2D eigenvalue weighted by Crippen LogP contribution is 2.41. The lowest BCUT2D eigenvalue weighted by Gasteiger charge is -2.24. The van der Waals surface area contributed by atoms with Crippen LogP contribution in [0, 0.1) is 5.92 Å². The first kappa shape index (κ1) is 15.6. The first-order chi connectivity index (χ1) is 9.71. The second kappa shape index (κ2) is 7.32. The number of hydrogen-bond donors (Lipinski definition) is 1. The summed E-state index contributed by atoms with van der Waals surface area (Å²) < 4.78 is 12.1. The number of halogens is 1. The summed E-state index contributed by atoms with van der Waals surface area (Å²) in [5.41, 5.74) is 2.54. The second-order valence-electron chi connectivity index (χ2n) is 5.33. The van der Waals surface area contributed by atoms with E-state index in [4.69, 9.17) is 9.47 Å². The van der Waals surface area contributed by atoms with E-state index in [9.17, 15) is 0 Å². The summed E-state index contributed by atoms with van der Waals surface area (Å²) in [6, 6.07) is 2.25. The molecule has 4 heteroatoms. The van der Waals surface area contributed by atoms with Gasteiger partial charge in [0.05, 0.1) is 14.2 Å². The minimum atomic E-state index is 0.746. The van der Waals surface area contributed by atoms with Crippen LogP contribution in [0.25, 0.3) is 0 Å². The molecule has 1 aliphatic heterocycles. The van der Waals surface area contributed by atoms with Crippen LogP contribution < -0.4 is 14.8 Å². The maximum atomic E-state index is 5.62. The molecule has 1 heterocycles. The summed E-state index contributed by atoms with van der Waals surface area (Å²) >= 11 is 3.65. The summed E-state index contributed by atoms with van der Waals surface area (Å²) in [4.78, 5) is 0. The van der Waals surface area contributed by atoms with E-state index < -0.39 is 0 Å². The van der Waals surface area contributed by atoms with E-state index in [0.717, 1.165) is 47.8 Å². The Kier molecular flexibility index (Phi) is 5.73. The highest BCUT2D eigenvalue weighted by molar-refractivity contribution is 9.10. The molecular weight excluding hydrogens is 318 g/mol. The van der Waals surface area contributed by atoms with Crippen LogP contribution in [0.15, 0.2) is 10.5 Å². The molecule has 0 aliphatic carbocycles. The molecule has 1 aromatic carbocycles. The maximum Gasteiger partial charge on any atom is 0.140 e. The van der Waals surface area contributed by atoms with Gasteiger partial charge in [0.25, 0.3) is 0 Å². The average molecular weight is 342 g/mol. The van der Waals surface area contributed by atoms with Crippen molar-refractivity contribution in [2.45, 2.75) is 32.6 Å². The van der Waals surface area contributed by atoms with Crippen LogP contribution in [0.2, 0.25) is 0 Å². The summed E-state index contributed by atoms with van der Waals surface area (Å²) in [6.07, 6.45) is 4.54. The van der Waals surface area contributed by atoms with Crippen LogP contribution >= 0.6 is 15.9 Å². The van der Waals surface area contributed by atoms with Gasteiger partial charge in [0, 0.05) is 0 Å². The zero-order valence-electron chi connectivity index (χ0n) is 12.6. The number of aryl methyl sites for hydroxylation is 1. The van der Waals surface area contributed by atoms with Crippen LogP contribution in [0.5, 0.6) is 11.5 Å². The normalized spacial score (nSPS) is 16.2. The number of piperidine rings is 1. The van der Waals surface area contributed by atoms with Crippen LogP contribution in [0.3, 0.4) is 0 Å². The molecule has 20 heavy (non-hydrogen) atoms. The minimum Gasteiger partial charge on any atom is -0.495 e. The Morgan fingerprint density at radius 1 is 1.15 bits per heavy atom. The van der Waals surface area contributed by atoms with Crippen molar-refractivity contribution in [1.29, 1.82) is 0 Å². The molecule has 1 fully saturated rings. The summed E-state index contributed by atoms with van der Waals surface area (Å²) in [6.45, 7) is 4.42. The van der Waals surface area contributed by atoms with Gasteiger partial charge in [-0.15, -0.1) is 0 Å². The summed E-state index contributed by atoms with van der Waals surface area (Å²) in [5, 5.41) is 3.42. The van der Waals surface area contributed by atoms with Gasteiger partial charge in [0.2, 0.25) is 0 Å².